The maximum Gasteiger partial charge on any atom is 0.172 e. The summed E-state index contributed by atoms with van der Waals surface area (Å²) in [4.78, 5) is 0. The Kier molecular flexibility index (Phi) is 2.57. The van der Waals surface area contributed by atoms with Crippen LogP contribution >= 0.6 is 0 Å². The molecule has 1 aromatic rings. The van der Waals surface area contributed by atoms with Crippen molar-refractivity contribution >= 4 is 5.76 Å². The van der Waals surface area contributed by atoms with E-state index in [-0.39, 0.29) is 5.75 Å². The highest BCUT2D eigenvalue weighted by molar-refractivity contribution is 5.64. The number of phenols is 1. The second-order valence-corrected chi connectivity index (χ2v) is 2.23. The number of para-hydroxylation sites is 1. The summed E-state index contributed by atoms with van der Waals surface area (Å²) in [6.45, 7) is 3.45. The molecule has 0 heterocycles. The van der Waals surface area contributed by atoms with Crippen LogP contribution in [0, 0.1) is 0 Å². The Hall–Kier alpha value is -1.66. The van der Waals surface area contributed by atoms with Gasteiger partial charge in [-0.05, 0) is 12.1 Å². The van der Waals surface area contributed by atoms with Crippen molar-refractivity contribution in [3.05, 3.63) is 42.1 Å². The van der Waals surface area contributed by atoms with Crippen molar-refractivity contribution in [2.75, 3.05) is 7.11 Å². The molecule has 2 nitrogen and oxygen atoms in total. The monoisotopic (exact) mass is 162 g/mol. The predicted octanol–water partition coefficient (Wildman–Crippen LogP) is 2.16. The minimum absolute atomic E-state index is 0.172. The Morgan fingerprint density at radius 2 is 2.17 bits per heavy atom. The standard InChI is InChI=1S/C10H10O2/c1-3-10(12-2)8-6-4-5-7-9(8)11/h4-7,11H,1H2,2H3. The van der Waals surface area contributed by atoms with Gasteiger partial charge in [0.1, 0.15) is 5.75 Å². The van der Waals surface area contributed by atoms with E-state index >= 15 is 0 Å². The smallest absolute Gasteiger partial charge is 0.172 e. The highest BCUT2D eigenvalue weighted by atomic mass is 16.5. The summed E-state index contributed by atoms with van der Waals surface area (Å²) in [5.41, 5.74) is 3.20. The van der Waals surface area contributed by atoms with Crippen molar-refractivity contribution < 1.29 is 9.84 Å². The van der Waals surface area contributed by atoms with Crippen LogP contribution in [0.3, 0.4) is 0 Å². The molecule has 0 saturated carbocycles. The number of rotatable bonds is 2. The molecular weight excluding hydrogens is 152 g/mol. The topological polar surface area (TPSA) is 29.5 Å². The van der Waals surface area contributed by atoms with Crippen LogP contribution in [0.1, 0.15) is 5.56 Å². The van der Waals surface area contributed by atoms with E-state index in [9.17, 15) is 5.11 Å². The average Bonchev–Trinajstić information content (AvgIpc) is 2.10. The molecule has 0 unspecified atom stereocenters. The lowest BCUT2D eigenvalue weighted by Crippen LogP contribution is -1.85. The SMILES string of the molecule is C=C=C(OC)c1ccccc1O. The van der Waals surface area contributed by atoms with Crippen molar-refractivity contribution in [2.24, 2.45) is 0 Å². The minimum Gasteiger partial charge on any atom is -0.507 e. The molecule has 2 heteroatoms. The molecule has 0 aliphatic carbocycles. The molecule has 0 aliphatic rings. The highest BCUT2D eigenvalue weighted by Gasteiger charge is 2.04. The molecule has 0 aromatic heterocycles. The molecule has 0 fully saturated rings. The lowest BCUT2D eigenvalue weighted by molar-refractivity contribution is 0.366. The molecule has 1 aromatic carbocycles. The van der Waals surface area contributed by atoms with Gasteiger partial charge in [0.15, 0.2) is 5.76 Å². The maximum absolute atomic E-state index is 9.37. The Morgan fingerprint density at radius 1 is 1.50 bits per heavy atom. The molecule has 62 valence electrons. The summed E-state index contributed by atoms with van der Waals surface area (Å²) in [6, 6.07) is 6.89. The van der Waals surface area contributed by atoms with Crippen LogP contribution < -0.4 is 0 Å². The van der Waals surface area contributed by atoms with E-state index < -0.39 is 0 Å². The van der Waals surface area contributed by atoms with Crippen molar-refractivity contribution in [3.8, 4) is 5.75 Å². The summed E-state index contributed by atoms with van der Waals surface area (Å²) in [7, 11) is 1.51. The first-order chi connectivity index (χ1) is 5.79. The number of aromatic hydroxyl groups is 1. The molecule has 12 heavy (non-hydrogen) atoms. The van der Waals surface area contributed by atoms with Crippen LogP contribution in [0.2, 0.25) is 0 Å². The van der Waals surface area contributed by atoms with Gasteiger partial charge in [-0.3, -0.25) is 0 Å². The van der Waals surface area contributed by atoms with E-state index in [1.165, 1.54) is 7.11 Å². The quantitative estimate of drug-likeness (QED) is 0.533. The van der Waals surface area contributed by atoms with E-state index in [0.717, 1.165) is 0 Å². The van der Waals surface area contributed by atoms with Crippen LogP contribution in [-0.4, -0.2) is 12.2 Å². The zero-order valence-electron chi connectivity index (χ0n) is 6.87. The van der Waals surface area contributed by atoms with Crippen LogP contribution in [0.15, 0.2) is 36.6 Å². The van der Waals surface area contributed by atoms with Crippen LogP contribution in [0.4, 0.5) is 0 Å². The molecule has 0 atom stereocenters. The Morgan fingerprint density at radius 3 is 2.67 bits per heavy atom. The van der Waals surface area contributed by atoms with Gasteiger partial charge in [0, 0.05) is 0 Å². The average molecular weight is 162 g/mol. The first-order valence-corrected chi connectivity index (χ1v) is 3.52. The summed E-state index contributed by atoms with van der Waals surface area (Å²) < 4.78 is 4.95. The Bertz CT molecular complexity index is 322. The van der Waals surface area contributed by atoms with Crippen molar-refractivity contribution in [1.82, 2.24) is 0 Å². The molecule has 0 radical (unpaired) electrons. The third-order valence-corrected chi connectivity index (χ3v) is 1.51. The lowest BCUT2D eigenvalue weighted by Gasteiger charge is -2.04. The third kappa shape index (κ3) is 1.49. The summed E-state index contributed by atoms with van der Waals surface area (Å²) in [6.07, 6.45) is 0. The van der Waals surface area contributed by atoms with E-state index in [4.69, 9.17) is 4.74 Å². The second kappa shape index (κ2) is 3.65. The van der Waals surface area contributed by atoms with Gasteiger partial charge in [0.2, 0.25) is 0 Å². The maximum atomic E-state index is 9.37. The van der Waals surface area contributed by atoms with Crippen LogP contribution in [0.25, 0.3) is 5.76 Å². The fourth-order valence-electron chi connectivity index (χ4n) is 0.943. The molecule has 0 saturated heterocycles. The number of ether oxygens (including phenoxy) is 1. The second-order valence-electron chi connectivity index (χ2n) is 2.23. The van der Waals surface area contributed by atoms with Crippen molar-refractivity contribution in [1.29, 1.82) is 0 Å². The van der Waals surface area contributed by atoms with Gasteiger partial charge >= 0.3 is 0 Å². The number of hydrogen-bond acceptors (Lipinski definition) is 2. The predicted molar refractivity (Wildman–Crippen MR) is 47.7 cm³/mol. The molecule has 1 N–H and O–H groups in total. The van der Waals surface area contributed by atoms with Crippen LogP contribution in [0.5, 0.6) is 5.75 Å². The molecule has 0 spiro atoms. The highest BCUT2D eigenvalue weighted by Crippen LogP contribution is 2.23. The van der Waals surface area contributed by atoms with Gasteiger partial charge < -0.3 is 9.84 Å². The molecule has 1 rings (SSSR count). The first kappa shape index (κ1) is 8.44. The van der Waals surface area contributed by atoms with Gasteiger partial charge in [0.25, 0.3) is 0 Å². The number of benzene rings is 1. The fourth-order valence-corrected chi connectivity index (χ4v) is 0.943. The van der Waals surface area contributed by atoms with Crippen molar-refractivity contribution in [2.45, 2.75) is 0 Å². The minimum atomic E-state index is 0.172. The van der Waals surface area contributed by atoms with Gasteiger partial charge in [-0.2, -0.15) is 0 Å². The van der Waals surface area contributed by atoms with Gasteiger partial charge in [-0.25, -0.2) is 0 Å². The molecule has 0 aliphatic heterocycles. The summed E-state index contributed by atoms with van der Waals surface area (Å²) in [5, 5.41) is 9.37. The molecule has 0 amide bonds. The van der Waals surface area contributed by atoms with Gasteiger partial charge in [0.05, 0.1) is 12.7 Å². The molecule has 0 bridgehead atoms. The third-order valence-electron chi connectivity index (χ3n) is 1.51. The van der Waals surface area contributed by atoms with Crippen LogP contribution in [-0.2, 0) is 4.74 Å². The van der Waals surface area contributed by atoms with E-state index in [1.807, 2.05) is 6.07 Å². The normalized spacial score (nSPS) is 8.75. The summed E-state index contributed by atoms with van der Waals surface area (Å²) in [5.74, 6) is 0.624. The van der Waals surface area contributed by atoms with E-state index in [2.05, 4.69) is 12.3 Å². The Balaban J connectivity index is 3.18. The van der Waals surface area contributed by atoms with Gasteiger partial charge in [-0.1, -0.05) is 24.4 Å². The first-order valence-electron chi connectivity index (χ1n) is 3.52. The zero-order chi connectivity index (χ0) is 8.97. The zero-order valence-corrected chi connectivity index (χ0v) is 6.87. The number of methoxy groups -OCH3 is 1. The summed E-state index contributed by atoms with van der Waals surface area (Å²) >= 11 is 0. The number of hydrogen-bond donors (Lipinski definition) is 1. The van der Waals surface area contributed by atoms with Crippen molar-refractivity contribution in [3.63, 3.8) is 0 Å². The lowest BCUT2D eigenvalue weighted by atomic mass is 10.2. The van der Waals surface area contributed by atoms with E-state index in [1.54, 1.807) is 18.2 Å². The fraction of sp³-hybridized carbons (Fsp3) is 0.100. The van der Waals surface area contributed by atoms with E-state index in [0.29, 0.717) is 11.3 Å². The Labute approximate surface area is 71.4 Å². The largest absolute Gasteiger partial charge is 0.507 e. The van der Waals surface area contributed by atoms with Gasteiger partial charge in [-0.15, -0.1) is 0 Å². The number of phenolic OH excluding ortho intramolecular Hbond substituents is 1. The molecular formula is C10H10O2.